The van der Waals surface area contributed by atoms with Gasteiger partial charge in [0.1, 0.15) is 6.04 Å². The van der Waals surface area contributed by atoms with Crippen LogP contribution in [0.3, 0.4) is 0 Å². The highest BCUT2D eigenvalue weighted by molar-refractivity contribution is 7.99. The molecule has 2 amide bonds. The van der Waals surface area contributed by atoms with Gasteiger partial charge in [0.05, 0.1) is 6.54 Å². The number of carbonyl (C=O) groups is 2. The topological polar surface area (TPSA) is 49.4 Å². The zero-order chi connectivity index (χ0) is 13.3. The third kappa shape index (κ3) is 2.66. The Hall–Kier alpha value is -0.710. The summed E-state index contributed by atoms with van der Waals surface area (Å²) in [5, 5.41) is 3.45. The summed E-state index contributed by atoms with van der Waals surface area (Å²) in [6.45, 7) is 4.20. The number of nitrogens with one attached hydrogen (secondary N) is 1. The molecule has 1 saturated heterocycles. The first kappa shape index (κ1) is 13.7. The summed E-state index contributed by atoms with van der Waals surface area (Å²) >= 11 is 1.87. The third-order valence-corrected chi connectivity index (χ3v) is 5.07. The Kier molecular flexibility index (Phi) is 4.20. The van der Waals surface area contributed by atoms with E-state index in [1.54, 1.807) is 0 Å². The summed E-state index contributed by atoms with van der Waals surface area (Å²) in [5.41, 5.74) is 0. The minimum Gasteiger partial charge on any atom is -0.343 e. The van der Waals surface area contributed by atoms with E-state index in [0.29, 0.717) is 5.25 Å². The van der Waals surface area contributed by atoms with Crippen molar-refractivity contribution in [1.29, 1.82) is 0 Å². The minimum absolute atomic E-state index is 0.0131. The number of piperazine rings is 1. The highest BCUT2D eigenvalue weighted by atomic mass is 32.2. The fourth-order valence-corrected chi connectivity index (χ4v) is 3.65. The van der Waals surface area contributed by atoms with Crippen molar-refractivity contribution in [3.63, 3.8) is 0 Å². The van der Waals surface area contributed by atoms with Crippen LogP contribution in [0.2, 0.25) is 0 Å². The molecule has 102 valence electrons. The number of hydrogen-bond acceptors (Lipinski definition) is 3. The van der Waals surface area contributed by atoms with Crippen LogP contribution in [0.5, 0.6) is 0 Å². The Labute approximate surface area is 113 Å². The molecule has 2 aliphatic rings. The van der Waals surface area contributed by atoms with E-state index in [2.05, 4.69) is 11.6 Å². The molecule has 0 aromatic carbocycles. The van der Waals surface area contributed by atoms with Crippen molar-refractivity contribution in [2.45, 2.75) is 50.4 Å². The van der Waals surface area contributed by atoms with Crippen molar-refractivity contribution in [3.05, 3.63) is 0 Å². The van der Waals surface area contributed by atoms with Crippen LogP contribution < -0.4 is 5.32 Å². The lowest BCUT2D eigenvalue weighted by Crippen LogP contribution is -2.61. The van der Waals surface area contributed by atoms with E-state index >= 15 is 0 Å². The first-order chi connectivity index (χ1) is 8.52. The van der Waals surface area contributed by atoms with Crippen LogP contribution >= 0.6 is 11.8 Å². The second-order valence-corrected chi connectivity index (χ2v) is 6.72. The van der Waals surface area contributed by atoms with Gasteiger partial charge in [-0.1, -0.05) is 13.8 Å². The number of nitrogens with zero attached hydrogens (tertiary/aromatic N) is 1. The van der Waals surface area contributed by atoms with E-state index in [4.69, 9.17) is 0 Å². The highest BCUT2D eigenvalue weighted by Crippen LogP contribution is 2.32. The van der Waals surface area contributed by atoms with Crippen LogP contribution in [0.15, 0.2) is 0 Å². The van der Waals surface area contributed by atoms with Gasteiger partial charge in [0.25, 0.3) is 0 Å². The van der Waals surface area contributed by atoms with Crippen LogP contribution in [0.25, 0.3) is 0 Å². The Morgan fingerprint density at radius 2 is 2.06 bits per heavy atom. The van der Waals surface area contributed by atoms with Gasteiger partial charge in [-0.25, -0.2) is 0 Å². The fraction of sp³-hybridized carbons (Fsp3) is 0.846. The van der Waals surface area contributed by atoms with Gasteiger partial charge < -0.3 is 10.2 Å². The molecule has 0 radical (unpaired) electrons. The van der Waals surface area contributed by atoms with Crippen molar-refractivity contribution >= 4 is 23.6 Å². The smallest absolute Gasteiger partial charge is 0.246 e. The van der Waals surface area contributed by atoms with E-state index in [1.165, 1.54) is 0 Å². The number of thioether (sulfide) groups is 1. The lowest BCUT2D eigenvalue weighted by atomic mass is 9.99. The van der Waals surface area contributed by atoms with Crippen molar-refractivity contribution < 1.29 is 9.59 Å². The zero-order valence-electron chi connectivity index (χ0n) is 11.3. The molecule has 0 spiro atoms. The maximum Gasteiger partial charge on any atom is 0.246 e. The maximum atomic E-state index is 12.4. The molecule has 1 heterocycles. The summed E-state index contributed by atoms with van der Waals surface area (Å²) in [5.74, 6) is 0.249. The highest BCUT2D eigenvalue weighted by Gasteiger charge is 2.40. The Morgan fingerprint density at radius 3 is 2.61 bits per heavy atom. The van der Waals surface area contributed by atoms with Crippen molar-refractivity contribution in [3.8, 4) is 0 Å². The molecule has 1 saturated carbocycles. The number of rotatable bonds is 3. The van der Waals surface area contributed by atoms with Crippen molar-refractivity contribution in [1.82, 2.24) is 10.2 Å². The van der Waals surface area contributed by atoms with Crippen LogP contribution in [-0.4, -0.2) is 46.8 Å². The molecule has 4 nitrogen and oxygen atoms in total. The van der Waals surface area contributed by atoms with E-state index in [-0.39, 0.29) is 36.4 Å². The quantitative estimate of drug-likeness (QED) is 0.840. The monoisotopic (exact) mass is 270 g/mol. The summed E-state index contributed by atoms with van der Waals surface area (Å²) < 4.78 is 0. The van der Waals surface area contributed by atoms with Gasteiger partial charge in [0.2, 0.25) is 11.8 Å². The fourth-order valence-electron chi connectivity index (χ4n) is 2.87. The molecule has 18 heavy (non-hydrogen) atoms. The first-order valence-corrected chi connectivity index (χ1v) is 7.94. The van der Waals surface area contributed by atoms with Gasteiger partial charge in [-0.2, -0.15) is 11.8 Å². The summed E-state index contributed by atoms with van der Waals surface area (Å²) in [7, 11) is 0. The molecule has 2 rings (SSSR count). The second kappa shape index (κ2) is 5.51. The lowest BCUT2D eigenvalue weighted by Gasteiger charge is -2.38. The van der Waals surface area contributed by atoms with Gasteiger partial charge in [-0.05, 0) is 31.4 Å². The van der Waals surface area contributed by atoms with Crippen LogP contribution in [0.4, 0.5) is 0 Å². The average Bonchev–Trinajstić information content (AvgIpc) is 2.79. The number of hydrogen-bond donors (Lipinski definition) is 1. The molecule has 0 aromatic rings. The maximum absolute atomic E-state index is 12.4. The predicted molar refractivity (Wildman–Crippen MR) is 73.4 cm³/mol. The van der Waals surface area contributed by atoms with Gasteiger partial charge in [-0.15, -0.1) is 0 Å². The van der Waals surface area contributed by atoms with Gasteiger partial charge in [-0.3, -0.25) is 9.59 Å². The van der Waals surface area contributed by atoms with Gasteiger partial charge in [0.15, 0.2) is 0 Å². The Bertz CT molecular complexity index is 346. The van der Waals surface area contributed by atoms with Crippen molar-refractivity contribution in [2.24, 2.45) is 5.92 Å². The van der Waals surface area contributed by atoms with Gasteiger partial charge in [0, 0.05) is 11.3 Å². The molecular formula is C13H22N2O2S. The molecule has 1 N–H and O–H groups in total. The Morgan fingerprint density at radius 1 is 1.33 bits per heavy atom. The van der Waals surface area contributed by atoms with E-state index in [0.717, 1.165) is 19.3 Å². The standard InChI is InChI=1S/C13H22N2O2S/c1-8(2)12-13(17)15(7-11(16)14-12)9-4-5-10(6-9)18-3/h8-10,12H,4-7H2,1-3H3,(H,14,16). The normalized spacial score (nSPS) is 33.1. The van der Waals surface area contributed by atoms with E-state index in [1.807, 2.05) is 30.5 Å². The lowest BCUT2D eigenvalue weighted by molar-refractivity contribution is -0.147. The molecule has 5 heteroatoms. The van der Waals surface area contributed by atoms with Crippen LogP contribution in [0.1, 0.15) is 33.1 Å². The third-order valence-electron chi connectivity index (χ3n) is 3.98. The predicted octanol–water partition coefficient (Wildman–Crippen LogP) is 1.25. The van der Waals surface area contributed by atoms with Gasteiger partial charge >= 0.3 is 0 Å². The van der Waals surface area contributed by atoms with Crippen LogP contribution in [-0.2, 0) is 9.59 Å². The van der Waals surface area contributed by atoms with E-state index in [9.17, 15) is 9.59 Å². The molecule has 0 bridgehead atoms. The second-order valence-electron chi connectivity index (χ2n) is 5.58. The molecule has 0 aromatic heterocycles. The molecule has 2 fully saturated rings. The molecule has 3 unspecified atom stereocenters. The summed E-state index contributed by atoms with van der Waals surface area (Å²) in [4.78, 5) is 25.9. The SMILES string of the molecule is CSC1CCC(N2CC(=O)NC(C(C)C)C2=O)C1. The zero-order valence-corrected chi connectivity index (χ0v) is 12.1. The minimum atomic E-state index is -0.334. The number of carbonyl (C=O) groups excluding carboxylic acids is 2. The Balaban J connectivity index is 2.07. The molecular weight excluding hydrogens is 248 g/mol. The van der Waals surface area contributed by atoms with E-state index < -0.39 is 0 Å². The molecule has 3 atom stereocenters. The summed E-state index contributed by atoms with van der Waals surface area (Å²) in [6, 6.07) is -0.0678. The van der Waals surface area contributed by atoms with Crippen molar-refractivity contribution in [2.75, 3.05) is 12.8 Å². The molecule has 1 aliphatic heterocycles. The first-order valence-electron chi connectivity index (χ1n) is 6.65. The largest absolute Gasteiger partial charge is 0.343 e. The van der Waals surface area contributed by atoms with Crippen LogP contribution in [0, 0.1) is 5.92 Å². The average molecular weight is 270 g/mol. The summed E-state index contributed by atoms with van der Waals surface area (Å²) in [6.07, 6.45) is 5.35. The number of amides is 2. The molecule has 1 aliphatic carbocycles.